The second-order valence-corrected chi connectivity index (χ2v) is 6.92. The van der Waals surface area contributed by atoms with Crippen molar-refractivity contribution in [1.29, 1.82) is 0 Å². The maximum atomic E-state index is 13.0. The Morgan fingerprint density at radius 2 is 1.74 bits per heavy atom. The molecule has 0 bridgehead atoms. The molecule has 1 aromatic carbocycles. The first kappa shape index (κ1) is 20.7. The van der Waals surface area contributed by atoms with E-state index < -0.39 is 0 Å². The van der Waals surface area contributed by atoms with Crippen LogP contribution in [-0.2, 0) is 27.4 Å². The van der Waals surface area contributed by atoms with Gasteiger partial charge in [0.25, 0.3) is 0 Å². The Morgan fingerprint density at radius 1 is 1.00 bits per heavy atom. The lowest BCUT2D eigenvalue weighted by molar-refractivity contribution is -0.143. The van der Waals surface area contributed by atoms with Crippen LogP contribution in [0.4, 0.5) is 0 Å². The third-order valence-corrected chi connectivity index (χ3v) is 4.03. The maximum absolute atomic E-state index is 13.0. The van der Waals surface area contributed by atoms with Crippen molar-refractivity contribution in [1.82, 2.24) is 9.80 Å². The van der Waals surface area contributed by atoms with Crippen molar-refractivity contribution in [2.75, 3.05) is 26.8 Å². The largest absolute Gasteiger partial charge is 0.467 e. The average molecular weight is 372 g/mol. The highest BCUT2D eigenvalue weighted by Crippen LogP contribution is 2.12. The number of furan rings is 1. The Kier molecular flexibility index (Phi) is 8.07. The summed E-state index contributed by atoms with van der Waals surface area (Å²) in [6.07, 6.45) is 1.59. The number of carbonyl (C=O) groups is 2. The fraction of sp³-hybridized carbons (Fsp3) is 0.429. The monoisotopic (exact) mass is 372 g/mol. The lowest BCUT2D eigenvalue weighted by atomic mass is 10.2. The summed E-state index contributed by atoms with van der Waals surface area (Å²) >= 11 is 0. The molecule has 0 aliphatic rings. The number of hydrogen-bond acceptors (Lipinski definition) is 4. The molecule has 0 aliphatic heterocycles. The van der Waals surface area contributed by atoms with Gasteiger partial charge in [0.2, 0.25) is 11.8 Å². The molecule has 1 heterocycles. The normalized spacial score (nSPS) is 10.8. The summed E-state index contributed by atoms with van der Waals surface area (Å²) in [7, 11) is 1.48. The van der Waals surface area contributed by atoms with Gasteiger partial charge in [0.05, 0.1) is 19.4 Å². The van der Waals surface area contributed by atoms with Crippen LogP contribution in [0.3, 0.4) is 0 Å². The first-order chi connectivity index (χ1) is 13.0. The minimum atomic E-state index is -0.183. The van der Waals surface area contributed by atoms with Gasteiger partial charge in [0, 0.05) is 20.2 Å². The number of hydrogen-bond donors (Lipinski definition) is 0. The van der Waals surface area contributed by atoms with Crippen LogP contribution in [0.1, 0.15) is 25.2 Å². The maximum Gasteiger partial charge on any atom is 0.249 e. The third kappa shape index (κ3) is 6.90. The minimum absolute atomic E-state index is 0.0217. The van der Waals surface area contributed by atoms with E-state index in [0.29, 0.717) is 25.4 Å². The number of nitrogens with zero attached hydrogens (tertiary/aromatic N) is 2. The van der Waals surface area contributed by atoms with Crippen molar-refractivity contribution in [2.45, 2.75) is 26.9 Å². The van der Waals surface area contributed by atoms with Crippen LogP contribution in [0.15, 0.2) is 53.1 Å². The molecular weight excluding hydrogens is 344 g/mol. The predicted molar refractivity (Wildman–Crippen MR) is 103 cm³/mol. The molecule has 0 unspecified atom stereocenters. The molecule has 0 spiro atoms. The van der Waals surface area contributed by atoms with Crippen LogP contribution in [-0.4, -0.2) is 48.4 Å². The molecule has 2 amide bonds. The van der Waals surface area contributed by atoms with Crippen LogP contribution in [0.5, 0.6) is 0 Å². The first-order valence-corrected chi connectivity index (χ1v) is 9.10. The van der Waals surface area contributed by atoms with Gasteiger partial charge in [0.15, 0.2) is 0 Å². The Bertz CT molecular complexity index is 698. The molecule has 0 saturated carbocycles. The molecule has 146 valence electrons. The van der Waals surface area contributed by atoms with Gasteiger partial charge >= 0.3 is 0 Å². The van der Waals surface area contributed by atoms with E-state index in [9.17, 15) is 9.59 Å². The van der Waals surface area contributed by atoms with Gasteiger partial charge in [-0.05, 0) is 23.6 Å². The summed E-state index contributed by atoms with van der Waals surface area (Å²) < 4.78 is 10.4. The van der Waals surface area contributed by atoms with Crippen molar-refractivity contribution in [2.24, 2.45) is 5.92 Å². The molecular formula is C21H28N2O4. The summed E-state index contributed by atoms with van der Waals surface area (Å²) in [4.78, 5) is 28.6. The SMILES string of the molecule is COCC(=O)N(CC(=O)N(Cc1ccccc1)Cc1ccco1)CC(C)C. The zero-order valence-electron chi connectivity index (χ0n) is 16.3. The van der Waals surface area contributed by atoms with Crippen molar-refractivity contribution in [3.05, 3.63) is 60.1 Å². The lowest BCUT2D eigenvalue weighted by Crippen LogP contribution is -2.45. The molecule has 2 rings (SSSR count). The van der Waals surface area contributed by atoms with Crippen LogP contribution in [0.25, 0.3) is 0 Å². The minimum Gasteiger partial charge on any atom is -0.467 e. The van der Waals surface area contributed by atoms with E-state index in [2.05, 4.69) is 0 Å². The molecule has 0 aliphatic carbocycles. The molecule has 0 saturated heterocycles. The zero-order valence-corrected chi connectivity index (χ0v) is 16.3. The number of methoxy groups -OCH3 is 1. The second-order valence-electron chi connectivity index (χ2n) is 6.92. The third-order valence-electron chi connectivity index (χ3n) is 4.03. The summed E-state index contributed by atoms with van der Waals surface area (Å²) in [6.45, 7) is 5.34. The van der Waals surface area contributed by atoms with Gasteiger partial charge in [-0.25, -0.2) is 0 Å². The van der Waals surface area contributed by atoms with Gasteiger partial charge in [-0.15, -0.1) is 0 Å². The predicted octanol–water partition coefficient (Wildman–Crippen LogP) is 2.94. The number of benzene rings is 1. The lowest BCUT2D eigenvalue weighted by Gasteiger charge is -2.28. The Labute approximate surface area is 160 Å². The molecule has 1 aromatic heterocycles. The quantitative estimate of drug-likeness (QED) is 0.643. The average Bonchev–Trinajstić information content (AvgIpc) is 3.14. The standard InChI is InChI=1S/C21H28N2O4/c1-17(2)12-22(21(25)16-26-3)15-20(24)23(14-19-10-7-11-27-19)13-18-8-5-4-6-9-18/h4-11,17H,12-16H2,1-3H3. The van der Waals surface area contributed by atoms with E-state index in [1.807, 2.05) is 50.2 Å². The molecule has 0 radical (unpaired) electrons. The highest BCUT2D eigenvalue weighted by atomic mass is 16.5. The number of ether oxygens (including phenoxy) is 1. The van der Waals surface area contributed by atoms with Crippen LogP contribution < -0.4 is 0 Å². The Hall–Kier alpha value is -2.60. The molecule has 0 fully saturated rings. The van der Waals surface area contributed by atoms with E-state index in [0.717, 1.165) is 5.56 Å². The highest BCUT2D eigenvalue weighted by Gasteiger charge is 2.23. The van der Waals surface area contributed by atoms with Crippen molar-refractivity contribution in [3.63, 3.8) is 0 Å². The molecule has 6 nitrogen and oxygen atoms in total. The van der Waals surface area contributed by atoms with E-state index in [-0.39, 0.29) is 30.9 Å². The van der Waals surface area contributed by atoms with Gasteiger partial charge in [-0.1, -0.05) is 44.2 Å². The molecule has 0 atom stereocenters. The zero-order chi connectivity index (χ0) is 19.6. The van der Waals surface area contributed by atoms with Crippen LogP contribution >= 0.6 is 0 Å². The van der Waals surface area contributed by atoms with E-state index >= 15 is 0 Å². The fourth-order valence-corrected chi connectivity index (χ4v) is 2.80. The summed E-state index contributed by atoms with van der Waals surface area (Å²) in [6, 6.07) is 13.4. The van der Waals surface area contributed by atoms with E-state index in [1.165, 1.54) is 7.11 Å². The number of carbonyl (C=O) groups excluding carboxylic acids is 2. The molecule has 6 heteroatoms. The van der Waals surface area contributed by atoms with Gasteiger partial charge in [-0.3, -0.25) is 9.59 Å². The number of amides is 2. The van der Waals surface area contributed by atoms with Crippen molar-refractivity contribution >= 4 is 11.8 Å². The first-order valence-electron chi connectivity index (χ1n) is 9.10. The smallest absolute Gasteiger partial charge is 0.249 e. The van der Waals surface area contributed by atoms with E-state index in [4.69, 9.17) is 9.15 Å². The van der Waals surface area contributed by atoms with Gasteiger partial charge in [0.1, 0.15) is 12.4 Å². The van der Waals surface area contributed by atoms with Crippen molar-refractivity contribution in [3.8, 4) is 0 Å². The Morgan fingerprint density at radius 3 is 2.33 bits per heavy atom. The van der Waals surface area contributed by atoms with Crippen LogP contribution in [0.2, 0.25) is 0 Å². The fourth-order valence-electron chi connectivity index (χ4n) is 2.80. The molecule has 2 aromatic rings. The highest BCUT2D eigenvalue weighted by molar-refractivity contribution is 5.85. The molecule has 0 N–H and O–H groups in total. The Balaban J connectivity index is 2.13. The summed E-state index contributed by atoms with van der Waals surface area (Å²) in [5, 5.41) is 0. The summed E-state index contributed by atoms with van der Waals surface area (Å²) in [5.74, 6) is 0.654. The van der Waals surface area contributed by atoms with Crippen LogP contribution in [0, 0.1) is 5.92 Å². The van der Waals surface area contributed by atoms with Gasteiger partial charge in [-0.2, -0.15) is 0 Å². The van der Waals surface area contributed by atoms with Gasteiger partial charge < -0.3 is 19.0 Å². The topological polar surface area (TPSA) is 63.0 Å². The number of rotatable bonds is 10. The van der Waals surface area contributed by atoms with Crippen molar-refractivity contribution < 1.29 is 18.7 Å². The summed E-state index contributed by atoms with van der Waals surface area (Å²) in [5.41, 5.74) is 1.02. The second kappa shape index (κ2) is 10.5. The van der Waals surface area contributed by atoms with E-state index in [1.54, 1.807) is 22.1 Å². The molecule has 27 heavy (non-hydrogen) atoms.